The van der Waals surface area contributed by atoms with Crippen LogP contribution in [0.15, 0.2) is 48.5 Å². The third-order valence-corrected chi connectivity index (χ3v) is 4.25. The zero-order chi connectivity index (χ0) is 13.7. The summed E-state index contributed by atoms with van der Waals surface area (Å²) in [6.45, 7) is 0. The van der Waals surface area contributed by atoms with E-state index in [1.54, 1.807) is 0 Å². The Kier molecular flexibility index (Phi) is 2.48. The first-order valence-corrected chi connectivity index (χ1v) is 7.01. The van der Waals surface area contributed by atoms with Crippen molar-refractivity contribution in [2.75, 3.05) is 0 Å². The molecule has 0 amide bonds. The highest BCUT2D eigenvalue weighted by Gasteiger charge is 2.34. The number of halogens is 1. The van der Waals surface area contributed by atoms with Crippen LogP contribution in [0.25, 0.3) is 10.9 Å². The fourth-order valence-electron chi connectivity index (χ4n) is 3.14. The van der Waals surface area contributed by atoms with Crippen molar-refractivity contribution >= 4 is 28.3 Å². The molecule has 0 fully saturated rings. The van der Waals surface area contributed by atoms with E-state index in [0.29, 0.717) is 11.4 Å². The number of hydrogen-bond acceptors (Lipinski definition) is 1. The molecule has 2 aromatic carbocycles. The summed E-state index contributed by atoms with van der Waals surface area (Å²) in [5, 5.41) is 1.85. The highest BCUT2D eigenvalue weighted by Crippen LogP contribution is 2.42. The average Bonchev–Trinajstić information content (AvgIpc) is 2.97. The minimum atomic E-state index is 0.104. The second kappa shape index (κ2) is 4.22. The van der Waals surface area contributed by atoms with Crippen molar-refractivity contribution in [2.24, 2.45) is 0 Å². The van der Waals surface area contributed by atoms with Crippen LogP contribution in [0.5, 0.6) is 0 Å². The Morgan fingerprint density at radius 2 is 1.95 bits per heavy atom. The van der Waals surface area contributed by atoms with E-state index >= 15 is 0 Å². The second-order valence-electron chi connectivity index (χ2n) is 5.19. The highest BCUT2D eigenvalue weighted by atomic mass is 35.5. The van der Waals surface area contributed by atoms with Crippen LogP contribution in [-0.4, -0.2) is 10.8 Å². The summed E-state index contributed by atoms with van der Waals surface area (Å²) >= 11 is 6.09. The van der Waals surface area contributed by atoms with Gasteiger partial charge in [0.05, 0.1) is 5.69 Å². The molecule has 3 aromatic rings. The zero-order valence-electron chi connectivity index (χ0n) is 10.7. The molecular formula is C17H12ClNO. The van der Waals surface area contributed by atoms with Gasteiger partial charge in [0.2, 0.25) is 0 Å². The van der Waals surface area contributed by atoms with Crippen LogP contribution in [0.1, 0.15) is 34.0 Å². The maximum atomic E-state index is 12.2. The normalized spacial score (nSPS) is 17.6. The van der Waals surface area contributed by atoms with Crippen LogP contribution in [0.4, 0.5) is 0 Å². The number of aromatic nitrogens is 1. The van der Waals surface area contributed by atoms with E-state index in [1.807, 2.05) is 42.5 Å². The van der Waals surface area contributed by atoms with Crippen LogP contribution < -0.4 is 0 Å². The molecule has 0 saturated carbocycles. The van der Waals surface area contributed by atoms with Crippen LogP contribution in [0.3, 0.4) is 0 Å². The van der Waals surface area contributed by atoms with Gasteiger partial charge in [-0.15, -0.1) is 0 Å². The quantitative estimate of drug-likeness (QED) is 0.698. The number of rotatable bonds is 1. The Balaban J connectivity index is 1.96. The van der Waals surface area contributed by atoms with Crippen molar-refractivity contribution in [3.63, 3.8) is 0 Å². The lowest BCUT2D eigenvalue weighted by molar-refractivity contribution is 0.0987. The monoisotopic (exact) mass is 281 g/mol. The minimum Gasteiger partial charge on any atom is -0.352 e. The van der Waals surface area contributed by atoms with E-state index in [1.165, 1.54) is 0 Å². The fraction of sp³-hybridized carbons (Fsp3) is 0.118. The number of nitrogens with one attached hydrogen (secondary N) is 1. The Morgan fingerprint density at radius 1 is 1.10 bits per heavy atom. The Labute approximate surface area is 121 Å². The van der Waals surface area contributed by atoms with Gasteiger partial charge in [0.15, 0.2) is 5.78 Å². The van der Waals surface area contributed by atoms with E-state index in [4.69, 9.17) is 11.6 Å². The van der Waals surface area contributed by atoms with E-state index in [2.05, 4.69) is 11.1 Å². The molecule has 1 N–H and O–H groups in total. The fourth-order valence-corrected chi connectivity index (χ4v) is 3.34. The average molecular weight is 282 g/mol. The van der Waals surface area contributed by atoms with Crippen LogP contribution >= 0.6 is 11.6 Å². The number of fused-ring (bicyclic) bond motifs is 3. The van der Waals surface area contributed by atoms with Gasteiger partial charge in [0, 0.05) is 28.3 Å². The number of carbonyl (C=O) groups excluding carboxylic acids is 1. The number of benzene rings is 2. The first kappa shape index (κ1) is 11.7. The number of Topliss-reactive ketones (excluding diaryl/α,β-unsaturated/α-hetero) is 1. The number of hydrogen-bond donors (Lipinski definition) is 1. The summed E-state index contributed by atoms with van der Waals surface area (Å²) in [6, 6.07) is 15.9. The lowest BCUT2D eigenvalue weighted by Crippen LogP contribution is -1.97. The zero-order valence-corrected chi connectivity index (χ0v) is 11.4. The standard InChI is InChI=1S/C17H12ClNO/c18-11-5-3-4-10(8-11)13-9-15(20)17-16(13)12-6-1-2-7-14(12)19-17/h1-8,13,19H,9H2. The molecular weight excluding hydrogens is 270 g/mol. The summed E-state index contributed by atoms with van der Waals surface area (Å²) in [7, 11) is 0. The SMILES string of the molecule is O=C1CC(c2cccc(Cl)c2)c2c1[nH]c1ccccc21. The Hall–Kier alpha value is -2.06. The molecule has 1 aliphatic rings. The smallest absolute Gasteiger partial charge is 0.180 e. The van der Waals surface area contributed by atoms with Gasteiger partial charge in [0.25, 0.3) is 0 Å². The summed E-state index contributed by atoms with van der Waals surface area (Å²) in [6.07, 6.45) is 0.520. The van der Waals surface area contributed by atoms with E-state index in [-0.39, 0.29) is 11.7 Å². The van der Waals surface area contributed by atoms with Gasteiger partial charge in [-0.1, -0.05) is 41.9 Å². The molecule has 1 aromatic heterocycles. The molecule has 1 aliphatic carbocycles. The predicted octanol–water partition coefficient (Wildman–Crippen LogP) is 4.54. The molecule has 1 atom stereocenters. The molecule has 20 heavy (non-hydrogen) atoms. The number of carbonyl (C=O) groups is 1. The van der Waals surface area contributed by atoms with Crippen molar-refractivity contribution in [1.29, 1.82) is 0 Å². The molecule has 1 heterocycles. The van der Waals surface area contributed by atoms with Crippen LogP contribution in [0.2, 0.25) is 5.02 Å². The Bertz CT molecular complexity index is 834. The third kappa shape index (κ3) is 1.61. The lowest BCUT2D eigenvalue weighted by Gasteiger charge is -2.11. The van der Waals surface area contributed by atoms with Crippen molar-refractivity contribution in [3.05, 3.63) is 70.4 Å². The first-order chi connectivity index (χ1) is 9.74. The van der Waals surface area contributed by atoms with Gasteiger partial charge in [-0.05, 0) is 29.3 Å². The summed E-state index contributed by atoms with van der Waals surface area (Å²) in [5.74, 6) is 0.286. The highest BCUT2D eigenvalue weighted by molar-refractivity contribution is 6.30. The molecule has 0 aliphatic heterocycles. The summed E-state index contributed by atoms with van der Waals surface area (Å²) < 4.78 is 0. The van der Waals surface area contributed by atoms with Gasteiger partial charge < -0.3 is 4.98 Å². The maximum absolute atomic E-state index is 12.2. The molecule has 0 bridgehead atoms. The number of H-pyrrole nitrogens is 1. The molecule has 1 unspecified atom stereocenters. The van der Waals surface area contributed by atoms with Gasteiger partial charge in [0.1, 0.15) is 0 Å². The van der Waals surface area contributed by atoms with E-state index < -0.39 is 0 Å². The third-order valence-electron chi connectivity index (χ3n) is 4.01. The lowest BCUT2D eigenvalue weighted by atomic mass is 9.92. The predicted molar refractivity (Wildman–Crippen MR) is 80.5 cm³/mol. The maximum Gasteiger partial charge on any atom is 0.180 e. The summed E-state index contributed by atoms with van der Waals surface area (Å²) in [4.78, 5) is 15.5. The second-order valence-corrected chi connectivity index (χ2v) is 5.63. The van der Waals surface area contributed by atoms with Crippen LogP contribution in [-0.2, 0) is 0 Å². The van der Waals surface area contributed by atoms with E-state index in [0.717, 1.165) is 27.7 Å². The molecule has 98 valence electrons. The van der Waals surface area contributed by atoms with Crippen molar-refractivity contribution < 1.29 is 4.79 Å². The van der Waals surface area contributed by atoms with Gasteiger partial charge in [-0.25, -0.2) is 0 Å². The van der Waals surface area contributed by atoms with Crippen LogP contribution in [0, 0.1) is 0 Å². The molecule has 2 nitrogen and oxygen atoms in total. The molecule has 0 radical (unpaired) electrons. The van der Waals surface area contributed by atoms with Gasteiger partial charge in [-0.2, -0.15) is 0 Å². The van der Waals surface area contributed by atoms with Crippen molar-refractivity contribution in [3.8, 4) is 0 Å². The minimum absolute atomic E-state index is 0.104. The topological polar surface area (TPSA) is 32.9 Å². The number of para-hydroxylation sites is 1. The van der Waals surface area contributed by atoms with Crippen molar-refractivity contribution in [2.45, 2.75) is 12.3 Å². The molecule has 3 heteroatoms. The van der Waals surface area contributed by atoms with E-state index in [9.17, 15) is 4.79 Å². The number of aromatic amines is 1. The Morgan fingerprint density at radius 3 is 2.80 bits per heavy atom. The molecule has 0 saturated heterocycles. The largest absolute Gasteiger partial charge is 0.352 e. The van der Waals surface area contributed by atoms with Gasteiger partial charge in [-0.3, -0.25) is 4.79 Å². The summed E-state index contributed by atoms with van der Waals surface area (Å²) in [5.41, 5.74) is 4.01. The number of ketones is 1. The van der Waals surface area contributed by atoms with Crippen molar-refractivity contribution in [1.82, 2.24) is 4.98 Å². The first-order valence-electron chi connectivity index (χ1n) is 6.63. The van der Waals surface area contributed by atoms with Gasteiger partial charge >= 0.3 is 0 Å². The molecule has 4 rings (SSSR count). The molecule has 0 spiro atoms.